The van der Waals surface area contributed by atoms with Gasteiger partial charge in [-0.05, 0) is 36.6 Å². The van der Waals surface area contributed by atoms with Crippen molar-refractivity contribution < 1.29 is 13.2 Å². The summed E-state index contributed by atoms with van der Waals surface area (Å²) in [5, 5.41) is 11.7. The predicted molar refractivity (Wildman–Crippen MR) is 125 cm³/mol. The Morgan fingerprint density at radius 1 is 1.03 bits per heavy atom. The number of carbonyl (C=O) groups is 1. The van der Waals surface area contributed by atoms with Gasteiger partial charge >= 0.3 is 0 Å². The molecular weight excluding hydrogens is 440 g/mol. The minimum Gasteiger partial charge on any atom is -0.327 e. The lowest BCUT2D eigenvalue weighted by Gasteiger charge is -2.25. The molecule has 1 fully saturated rings. The first-order valence-corrected chi connectivity index (χ1v) is 12.3. The lowest BCUT2D eigenvalue weighted by molar-refractivity contribution is -0.115. The molecule has 10 heteroatoms. The van der Waals surface area contributed by atoms with E-state index in [1.54, 1.807) is 22.5 Å². The maximum Gasteiger partial charge on any atom is 0.251 e. The molecule has 0 saturated carbocycles. The van der Waals surface area contributed by atoms with Crippen LogP contribution in [-0.4, -0.2) is 51.5 Å². The molecular formula is C23H24N6O3S. The Bertz CT molecular complexity index is 1440. The molecule has 0 unspecified atom stereocenters. The fourth-order valence-electron chi connectivity index (χ4n) is 4.26. The Labute approximate surface area is 191 Å². The first-order valence-electron chi connectivity index (χ1n) is 10.9. The Hall–Kier alpha value is -3.37. The van der Waals surface area contributed by atoms with E-state index in [-0.39, 0.29) is 23.2 Å². The number of hydrogen-bond donors (Lipinski definition) is 1. The van der Waals surface area contributed by atoms with Crippen LogP contribution >= 0.6 is 0 Å². The number of hydrogen-bond acceptors (Lipinski definition) is 6. The van der Waals surface area contributed by atoms with E-state index in [9.17, 15) is 13.2 Å². The van der Waals surface area contributed by atoms with E-state index in [0.29, 0.717) is 29.6 Å². The number of carbonyl (C=O) groups excluding carboxylic acids is 1. The smallest absolute Gasteiger partial charge is 0.251 e. The average molecular weight is 465 g/mol. The van der Waals surface area contributed by atoms with Gasteiger partial charge in [-0.2, -0.15) is 9.29 Å². The fraction of sp³-hybridized carbons (Fsp3) is 0.304. The zero-order chi connectivity index (χ0) is 23.0. The van der Waals surface area contributed by atoms with Gasteiger partial charge < -0.3 is 4.57 Å². The number of nitrogens with one attached hydrogen (secondary N) is 1. The molecule has 1 aliphatic rings. The monoisotopic (exact) mass is 464 g/mol. The number of nitrogens with zero attached hydrogens (tertiary/aromatic N) is 5. The van der Waals surface area contributed by atoms with Gasteiger partial charge in [0, 0.05) is 25.5 Å². The van der Waals surface area contributed by atoms with Crippen LogP contribution in [0.4, 0.5) is 5.95 Å². The predicted octanol–water partition coefficient (Wildman–Crippen LogP) is 2.87. The largest absolute Gasteiger partial charge is 0.327 e. The lowest BCUT2D eigenvalue weighted by Crippen LogP contribution is -2.35. The second-order valence-electron chi connectivity index (χ2n) is 8.22. The van der Waals surface area contributed by atoms with Gasteiger partial charge in [0.05, 0.1) is 16.8 Å². The van der Waals surface area contributed by atoms with Crippen molar-refractivity contribution in [2.45, 2.75) is 30.6 Å². The molecule has 1 aliphatic heterocycles. The van der Waals surface area contributed by atoms with Crippen LogP contribution < -0.4 is 5.32 Å². The number of fused-ring (bicyclic) bond motifs is 3. The Morgan fingerprint density at radius 2 is 1.79 bits per heavy atom. The summed E-state index contributed by atoms with van der Waals surface area (Å²) in [7, 11) is -1.74. The summed E-state index contributed by atoms with van der Waals surface area (Å²) >= 11 is 0. The van der Waals surface area contributed by atoms with Gasteiger partial charge in [0.2, 0.25) is 15.9 Å². The van der Waals surface area contributed by atoms with E-state index in [2.05, 4.69) is 20.5 Å². The third kappa shape index (κ3) is 4.07. The van der Waals surface area contributed by atoms with Crippen LogP contribution in [-0.2, 0) is 28.3 Å². The summed E-state index contributed by atoms with van der Waals surface area (Å²) in [5.41, 5.74) is 2.68. The molecule has 1 saturated heterocycles. The van der Waals surface area contributed by atoms with Gasteiger partial charge in [0.15, 0.2) is 5.65 Å². The van der Waals surface area contributed by atoms with Crippen LogP contribution in [0, 0.1) is 0 Å². The van der Waals surface area contributed by atoms with Crippen molar-refractivity contribution in [1.29, 1.82) is 0 Å². The van der Waals surface area contributed by atoms with E-state index in [1.807, 2.05) is 41.9 Å². The van der Waals surface area contributed by atoms with Gasteiger partial charge in [-0.15, -0.1) is 10.2 Å². The second-order valence-corrected chi connectivity index (χ2v) is 10.2. The SMILES string of the molecule is Cn1c2ccc(S(=O)(=O)N3CCCCC3)cc2c2nnc(NC(=O)Cc3ccccc3)nc21. The lowest BCUT2D eigenvalue weighted by atomic mass is 10.1. The van der Waals surface area contributed by atoms with Crippen molar-refractivity contribution >= 4 is 43.9 Å². The van der Waals surface area contributed by atoms with Crippen molar-refractivity contribution in [3.63, 3.8) is 0 Å². The number of anilines is 1. The highest BCUT2D eigenvalue weighted by atomic mass is 32.2. The van der Waals surface area contributed by atoms with E-state index < -0.39 is 10.0 Å². The summed E-state index contributed by atoms with van der Waals surface area (Å²) in [4.78, 5) is 17.1. The molecule has 2 aromatic heterocycles. The fourth-order valence-corrected chi connectivity index (χ4v) is 5.80. The number of sulfonamides is 1. The Morgan fingerprint density at radius 3 is 2.55 bits per heavy atom. The molecule has 0 aliphatic carbocycles. The number of rotatable bonds is 5. The van der Waals surface area contributed by atoms with Gasteiger partial charge in [0.25, 0.3) is 5.95 Å². The number of piperidine rings is 1. The van der Waals surface area contributed by atoms with Crippen LogP contribution in [0.25, 0.3) is 22.1 Å². The third-order valence-electron chi connectivity index (χ3n) is 5.98. The third-order valence-corrected chi connectivity index (χ3v) is 7.88. The van der Waals surface area contributed by atoms with E-state index in [1.165, 1.54) is 0 Å². The molecule has 4 aromatic rings. The molecule has 9 nitrogen and oxygen atoms in total. The second kappa shape index (κ2) is 8.53. The van der Waals surface area contributed by atoms with Gasteiger partial charge in [-0.3, -0.25) is 10.1 Å². The quantitative estimate of drug-likeness (QED) is 0.486. The zero-order valence-corrected chi connectivity index (χ0v) is 19.0. The van der Waals surface area contributed by atoms with Crippen molar-refractivity contribution in [3.8, 4) is 0 Å². The van der Waals surface area contributed by atoms with E-state index in [0.717, 1.165) is 30.3 Å². The first-order chi connectivity index (χ1) is 15.9. The maximum atomic E-state index is 13.1. The zero-order valence-electron chi connectivity index (χ0n) is 18.2. The normalized spacial score (nSPS) is 15.2. The molecule has 0 radical (unpaired) electrons. The molecule has 1 N–H and O–H groups in total. The summed E-state index contributed by atoms with van der Waals surface area (Å²) in [5.74, 6) is -0.133. The molecule has 1 amide bonds. The molecule has 0 spiro atoms. The molecule has 33 heavy (non-hydrogen) atoms. The van der Waals surface area contributed by atoms with Crippen LogP contribution in [0.5, 0.6) is 0 Å². The molecule has 3 heterocycles. The molecule has 0 atom stereocenters. The minimum atomic E-state index is -3.57. The van der Waals surface area contributed by atoms with Crippen LogP contribution in [0.2, 0.25) is 0 Å². The molecule has 170 valence electrons. The van der Waals surface area contributed by atoms with Gasteiger partial charge in [-0.1, -0.05) is 36.8 Å². The Kier molecular flexibility index (Phi) is 5.55. The minimum absolute atomic E-state index is 0.107. The number of aryl methyl sites for hydroxylation is 1. The number of amides is 1. The van der Waals surface area contributed by atoms with E-state index >= 15 is 0 Å². The van der Waals surface area contributed by atoms with Crippen LogP contribution in [0.1, 0.15) is 24.8 Å². The summed E-state index contributed by atoms with van der Waals surface area (Å²) in [6.45, 7) is 1.09. The van der Waals surface area contributed by atoms with Crippen LogP contribution in [0.15, 0.2) is 53.4 Å². The molecule has 5 rings (SSSR count). The summed E-state index contributed by atoms with van der Waals surface area (Å²) in [6.07, 6.45) is 3.02. The molecule has 0 bridgehead atoms. The highest BCUT2D eigenvalue weighted by Crippen LogP contribution is 2.29. The van der Waals surface area contributed by atoms with Crippen molar-refractivity contribution in [3.05, 3.63) is 54.1 Å². The van der Waals surface area contributed by atoms with Crippen LogP contribution in [0.3, 0.4) is 0 Å². The first kappa shape index (κ1) is 21.5. The standard InChI is InChI=1S/C23H24N6O3S/c1-28-19-11-10-17(33(31,32)29-12-6-3-7-13-29)15-18(19)21-22(28)25-23(27-26-21)24-20(30)14-16-8-4-2-5-9-16/h2,4-5,8-11,15H,3,6-7,12-14H2,1H3,(H,24,25,27,30). The molecule has 2 aromatic carbocycles. The van der Waals surface area contributed by atoms with Gasteiger partial charge in [-0.25, -0.2) is 8.42 Å². The van der Waals surface area contributed by atoms with Crippen molar-refractivity contribution in [2.75, 3.05) is 18.4 Å². The van der Waals surface area contributed by atoms with Crippen molar-refractivity contribution in [1.82, 2.24) is 24.1 Å². The Balaban J connectivity index is 1.47. The highest BCUT2D eigenvalue weighted by Gasteiger charge is 2.27. The van der Waals surface area contributed by atoms with Crippen molar-refractivity contribution in [2.24, 2.45) is 7.05 Å². The highest BCUT2D eigenvalue weighted by molar-refractivity contribution is 7.89. The van der Waals surface area contributed by atoms with Gasteiger partial charge in [0.1, 0.15) is 5.52 Å². The number of benzene rings is 2. The average Bonchev–Trinajstić information content (AvgIpc) is 3.11. The summed E-state index contributed by atoms with van der Waals surface area (Å²) in [6, 6.07) is 14.4. The maximum absolute atomic E-state index is 13.1. The summed E-state index contributed by atoms with van der Waals surface area (Å²) < 4.78 is 29.6. The van der Waals surface area contributed by atoms with E-state index in [4.69, 9.17) is 0 Å². The number of aromatic nitrogens is 4. The topological polar surface area (TPSA) is 110 Å².